The summed E-state index contributed by atoms with van der Waals surface area (Å²) in [5.41, 5.74) is 4.73. The number of carbonyl (C=O) groups excluding carboxylic acids is 1. The summed E-state index contributed by atoms with van der Waals surface area (Å²) in [5.74, 6) is -0.140. The summed E-state index contributed by atoms with van der Waals surface area (Å²) in [6, 6.07) is 18.8. The van der Waals surface area contributed by atoms with E-state index >= 15 is 0 Å². The van der Waals surface area contributed by atoms with Gasteiger partial charge in [-0.2, -0.15) is 5.10 Å². The maximum Gasteiger partial charge on any atom is 0.256 e. The molecule has 2 aromatic carbocycles. The van der Waals surface area contributed by atoms with Crippen LogP contribution in [0.3, 0.4) is 0 Å². The summed E-state index contributed by atoms with van der Waals surface area (Å²) in [5, 5.41) is 8.06. The summed E-state index contributed by atoms with van der Waals surface area (Å²) < 4.78 is 1.70. The second-order valence-electron chi connectivity index (χ2n) is 8.07. The topological polar surface area (TPSA) is 50.2 Å². The molecule has 3 aromatic rings. The van der Waals surface area contributed by atoms with Crippen LogP contribution in [-0.4, -0.2) is 39.7 Å². The van der Waals surface area contributed by atoms with Gasteiger partial charge in [0.2, 0.25) is 0 Å². The number of carbonyl (C=O) groups is 1. The van der Waals surface area contributed by atoms with Crippen molar-refractivity contribution < 1.29 is 4.79 Å². The fourth-order valence-corrected chi connectivity index (χ4v) is 4.30. The molecule has 6 heteroatoms. The second-order valence-corrected chi connectivity index (χ2v) is 8.43. The van der Waals surface area contributed by atoms with Crippen LogP contribution in [0.25, 0.3) is 0 Å². The normalized spacial score (nSPS) is 16.7. The summed E-state index contributed by atoms with van der Waals surface area (Å²) in [4.78, 5) is 15.3. The average Bonchev–Trinajstić information content (AvgIpc) is 3.27. The highest BCUT2D eigenvalue weighted by Crippen LogP contribution is 2.22. The minimum atomic E-state index is -0.140. The lowest BCUT2D eigenvalue weighted by Gasteiger charge is -2.17. The van der Waals surface area contributed by atoms with E-state index in [4.69, 9.17) is 11.6 Å². The maximum atomic E-state index is 13.0. The highest BCUT2D eigenvalue weighted by atomic mass is 35.5. The first-order valence-electron chi connectivity index (χ1n) is 10.3. The number of nitrogens with one attached hydrogen (secondary N) is 1. The Balaban J connectivity index is 1.39. The van der Waals surface area contributed by atoms with Crippen LogP contribution < -0.4 is 5.32 Å². The molecular weight excluding hydrogens is 396 g/mol. The highest BCUT2D eigenvalue weighted by molar-refractivity contribution is 6.33. The lowest BCUT2D eigenvalue weighted by Crippen LogP contribution is -2.37. The number of halogens is 1. The number of hydrogen-bond donors (Lipinski definition) is 1. The van der Waals surface area contributed by atoms with Crippen molar-refractivity contribution in [3.63, 3.8) is 0 Å². The van der Waals surface area contributed by atoms with Gasteiger partial charge in [-0.3, -0.25) is 9.69 Å². The van der Waals surface area contributed by atoms with Crippen molar-refractivity contribution >= 4 is 17.5 Å². The average molecular weight is 423 g/mol. The van der Waals surface area contributed by atoms with Gasteiger partial charge in [-0.15, -0.1) is 0 Å². The third-order valence-corrected chi connectivity index (χ3v) is 5.99. The van der Waals surface area contributed by atoms with Gasteiger partial charge in [-0.1, -0.05) is 71.8 Å². The minimum absolute atomic E-state index is 0.122. The zero-order chi connectivity index (χ0) is 21.1. The number of aromatic nitrogens is 2. The van der Waals surface area contributed by atoms with Crippen molar-refractivity contribution in [1.82, 2.24) is 20.0 Å². The number of nitrogens with zero attached hydrogens (tertiary/aromatic N) is 3. The molecule has 0 bridgehead atoms. The van der Waals surface area contributed by atoms with Crippen molar-refractivity contribution in [2.24, 2.45) is 0 Å². The molecular formula is C24H27ClN4O. The third kappa shape index (κ3) is 4.74. The van der Waals surface area contributed by atoms with Crippen molar-refractivity contribution in [1.29, 1.82) is 0 Å². The molecule has 1 atom stereocenters. The Morgan fingerprint density at radius 3 is 2.50 bits per heavy atom. The van der Waals surface area contributed by atoms with E-state index in [-0.39, 0.29) is 11.9 Å². The molecule has 2 heterocycles. The molecule has 5 nitrogen and oxygen atoms in total. The Morgan fingerprint density at radius 2 is 1.77 bits per heavy atom. The fraction of sp³-hybridized carbons (Fsp3) is 0.333. The van der Waals surface area contributed by atoms with E-state index in [0.29, 0.717) is 23.0 Å². The molecule has 0 aliphatic carbocycles. The van der Waals surface area contributed by atoms with Gasteiger partial charge in [0.15, 0.2) is 0 Å². The molecule has 156 valence electrons. The third-order valence-electron chi connectivity index (χ3n) is 5.60. The molecule has 0 radical (unpaired) electrons. The fourth-order valence-electron chi connectivity index (χ4n) is 3.98. The Hall–Kier alpha value is -2.63. The first-order chi connectivity index (χ1) is 14.5. The predicted molar refractivity (Wildman–Crippen MR) is 120 cm³/mol. The number of benzene rings is 2. The van der Waals surface area contributed by atoms with Gasteiger partial charge in [0.1, 0.15) is 5.15 Å². The smallest absolute Gasteiger partial charge is 0.256 e. The van der Waals surface area contributed by atoms with E-state index in [9.17, 15) is 4.79 Å². The van der Waals surface area contributed by atoms with Gasteiger partial charge >= 0.3 is 0 Å². The molecule has 1 amide bonds. The minimum Gasteiger partial charge on any atom is -0.348 e. The van der Waals surface area contributed by atoms with Crippen LogP contribution in [0, 0.1) is 13.8 Å². The number of aryl methyl sites for hydroxylation is 2. The zero-order valence-electron chi connectivity index (χ0n) is 17.4. The van der Waals surface area contributed by atoms with Gasteiger partial charge in [0.25, 0.3) is 5.91 Å². The molecule has 0 saturated carbocycles. The largest absolute Gasteiger partial charge is 0.348 e. The lowest BCUT2D eigenvalue weighted by molar-refractivity contribution is 0.0937. The Morgan fingerprint density at radius 1 is 1.07 bits per heavy atom. The molecule has 0 unspecified atom stereocenters. The monoisotopic (exact) mass is 422 g/mol. The van der Waals surface area contributed by atoms with Crippen molar-refractivity contribution in [3.8, 4) is 0 Å². The standard InChI is InChI=1S/C24H27ClN4O/c1-17-8-10-20(11-9-17)15-29-23(25)22(18(2)27-29)24(30)26-21-12-13-28(16-21)14-19-6-4-3-5-7-19/h3-11,21H,12-16H2,1-2H3,(H,26,30)/t21-/m0/s1. The summed E-state index contributed by atoms with van der Waals surface area (Å²) in [6.07, 6.45) is 0.937. The lowest BCUT2D eigenvalue weighted by atomic mass is 10.1. The van der Waals surface area contributed by atoms with Crippen LogP contribution in [0.2, 0.25) is 5.15 Å². The van der Waals surface area contributed by atoms with E-state index in [2.05, 4.69) is 70.8 Å². The van der Waals surface area contributed by atoms with Crippen LogP contribution in [0.5, 0.6) is 0 Å². The molecule has 0 spiro atoms. The van der Waals surface area contributed by atoms with E-state index in [1.807, 2.05) is 13.0 Å². The predicted octanol–water partition coefficient (Wildman–Crippen LogP) is 4.21. The molecule has 1 aromatic heterocycles. The first kappa shape index (κ1) is 20.6. The van der Waals surface area contributed by atoms with Crippen molar-refractivity contribution in [2.75, 3.05) is 13.1 Å². The molecule has 1 N–H and O–H groups in total. The summed E-state index contributed by atoms with van der Waals surface area (Å²) >= 11 is 6.56. The molecule has 1 fully saturated rings. The highest BCUT2D eigenvalue weighted by Gasteiger charge is 2.27. The quantitative estimate of drug-likeness (QED) is 0.647. The van der Waals surface area contributed by atoms with Gasteiger partial charge in [-0.25, -0.2) is 4.68 Å². The number of hydrogen-bond acceptors (Lipinski definition) is 3. The number of rotatable bonds is 6. The molecule has 4 rings (SSSR count). The van der Waals surface area contributed by atoms with Crippen LogP contribution in [0.15, 0.2) is 54.6 Å². The molecule has 1 aliphatic heterocycles. The van der Waals surface area contributed by atoms with Crippen LogP contribution >= 0.6 is 11.6 Å². The van der Waals surface area contributed by atoms with E-state index in [1.54, 1.807) is 4.68 Å². The molecule has 1 aliphatic rings. The summed E-state index contributed by atoms with van der Waals surface area (Å²) in [7, 11) is 0. The van der Waals surface area contributed by atoms with E-state index < -0.39 is 0 Å². The van der Waals surface area contributed by atoms with E-state index in [0.717, 1.165) is 31.6 Å². The second kappa shape index (κ2) is 9.02. The van der Waals surface area contributed by atoms with Gasteiger partial charge < -0.3 is 5.32 Å². The van der Waals surface area contributed by atoms with Crippen molar-refractivity contribution in [3.05, 3.63) is 87.7 Å². The van der Waals surface area contributed by atoms with Crippen LogP contribution in [0.1, 0.15) is 39.2 Å². The van der Waals surface area contributed by atoms with Crippen LogP contribution in [-0.2, 0) is 13.1 Å². The number of amides is 1. The van der Waals surface area contributed by atoms with Gasteiger partial charge in [0.05, 0.1) is 17.8 Å². The Labute approximate surface area is 182 Å². The van der Waals surface area contributed by atoms with Gasteiger partial charge in [-0.05, 0) is 31.4 Å². The molecule has 30 heavy (non-hydrogen) atoms. The van der Waals surface area contributed by atoms with Crippen molar-refractivity contribution in [2.45, 2.75) is 39.4 Å². The first-order valence-corrected chi connectivity index (χ1v) is 10.7. The Bertz CT molecular complexity index is 1010. The maximum absolute atomic E-state index is 13.0. The van der Waals surface area contributed by atoms with Crippen LogP contribution in [0.4, 0.5) is 0 Å². The molecule has 1 saturated heterocycles. The number of likely N-dealkylation sites (tertiary alicyclic amines) is 1. The SMILES string of the molecule is Cc1ccc(Cn2nc(C)c(C(=O)N[C@H]3CCN(Cc4ccccc4)C3)c2Cl)cc1. The van der Waals surface area contributed by atoms with E-state index in [1.165, 1.54) is 11.1 Å². The zero-order valence-corrected chi connectivity index (χ0v) is 18.2. The Kier molecular flexibility index (Phi) is 6.21. The van der Waals surface area contributed by atoms with Gasteiger partial charge in [0, 0.05) is 25.7 Å². The summed E-state index contributed by atoms with van der Waals surface area (Å²) in [6.45, 7) is 7.15.